The van der Waals surface area contributed by atoms with Crippen LogP contribution in [0.1, 0.15) is 106 Å². The molecule has 556 valence electrons. The lowest BCUT2D eigenvalue weighted by molar-refractivity contribution is -0.388. The van der Waals surface area contributed by atoms with Crippen LogP contribution in [0.3, 0.4) is 0 Å². The highest BCUT2D eigenvalue weighted by atomic mass is 16.8. The van der Waals surface area contributed by atoms with Crippen molar-refractivity contribution in [2.45, 2.75) is 290 Å². The summed E-state index contributed by atoms with van der Waals surface area (Å²) in [6, 6.07) is 0. The van der Waals surface area contributed by atoms with Crippen molar-refractivity contribution in [3.8, 4) is 0 Å². The van der Waals surface area contributed by atoms with Gasteiger partial charge in [-0.2, -0.15) is 0 Å². The zero-order chi connectivity index (χ0) is 70.9. The van der Waals surface area contributed by atoms with Crippen LogP contribution in [0.25, 0.3) is 0 Å². The van der Waals surface area contributed by atoms with Crippen LogP contribution in [-0.4, -0.2) is 326 Å². The highest BCUT2D eigenvalue weighted by molar-refractivity contribution is 5.79. The van der Waals surface area contributed by atoms with Crippen molar-refractivity contribution in [1.82, 2.24) is 0 Å². The SMILES string of the molecule is C[C@@H]1O[C@H](OC(=O)[C@]23CCC(C)(C)CC2C2=CCC4[C@@]5(C)C[C@H](O)[C@H](O[C@@H]6O[C@H](CO)[C@@H](O)[C@H](O)[C@H]6O)[C@@](C)(C(=O)O)[C@@H]5CC[C@@]4(C)[C@]2(CO)CC3)[C@@H](O[C@H]2O[C@H](C)[C@@H](O[C@@H]3OC[C@@H](O[C@@H]4O[C@H](CO)[C@H](O)[C@H](O)[C@H]4O)[C@H](O[C@@H]4OC[C@H](O)[C@H](O)[C@H]4O)[C@H]3O)[C@H](O)[C@@H]2O)[C@H](O)[C@@H]1O. The van der Waals surface area contributed by atoms with E-state index in [0.29, 0.717) is 32.1 Å². The predicted octanol–water partition coefficient (Wildman–Crippen LogP) is -6.05. The average molecular weight is 1400 g/mol. The number of aliphatic hydroxyl groups is 18. The monoisotopic (exact) mass is 1400 g/mol. The van der Waals surface area contributed by atoms with Crippen LogP contribution in [0, 0.1) is 50.2 Å². The van der Waals surface area contributed by atoms with E-state index in [4.69, 9.17) is 56.8 Å². The Balaban J connectivity index is 0.808. The molecule has 0 radical (unpaired) electrons. The number of hydrogen-bond donors (Lipinski definition) is 19. The first kappa shape index (κ1) is 75.7. The van der Waals surface area contributed by atoms with E-state index in [2.05, 4.69) is 26.8 Å². The number of carboxylic acids is 1. The van der Waals surface area contributed by atoms with Crippen molar-refractivity contribution in [1.29, 1.82) is 0 Å². The number of carboxylic acid groups (broad SMARTS) is 1. The maximum atomic E-state index is 15.6. The molecule has 2 unspecified atom stereocenters. The third-order valence-corrected chi connectivity index (χ3v) is 24.8. The normalized spacial score (nSPS) is 54.6. The van der Waals surface area contributed by atoms with E-state index in [1.54, 1.807) is 0 Å². The molecule has 0 aromatic heterocycles. The van der Waals surface area contributed by atoms with Gasteiger partial charge in [0.15, 0.2) is 37.6 Å². The fourth-order valence-electron chi connectivity index (χ4n) is 19.0. The summed E-state index contributed by atoms with van der Waals surface area (Å²) in [7, 11) is 0. The molecule has 19 N–H and O–H groups in total. The van der Waals surface area contributed by atoms with Gasteiger partial charge in [0.2, 0.25) is 6.29 Å². The molecule has 38 atom stereocenters. The van der Waals surface area contributed by atoms with Crippen molar-refractivity contribution >= 4 is 11.9 Å². The maximum Gasteiger partial charge on any atom is 0.315 e. The summed E-state index contributed by atoms with van der Waals surface area (Å²) in [5.74, 6) is -3.66. The molecule has 0 aromatic carbocycles. The van der Waals surface area contributed by atoms with Gasteiger partial charge in [-0.1, -0.05) is 39.3 Å². The summed E-state index contributed by atoms with van der Waals surface area (Å²) in [6.45, 7) is 9.40. The Labute approximate surface area is 559 Å². The van der Waals surface area contributed by atoms with E-state index < -0.39 is 262 Å². The molecule has 10 fully saturated rings. The summed E-state index contributed by atoms with van der Waals surface area (Å²) in [6.07, 6.45) is -46.8. The number of aliphatic hydroxyl groups excluding tert-OH is 18. The van der Waals surface area contributed by atoms with Crippen LogP contribution in [0.4, 0.5) is 0 Å². The first-order chi connectivity index (χ1) is 45.5. The Hall–Kier alpha value is -2.48. The van der Waals surface area contributed by atoms with E-state index in [1.165, 1.54) is 20.8 Å². The van der Waals surface area contributed by atoms with Crippen molar-refractivity contribution in [2.24, 2.45) is 50.2 Å². The van der Waals surface area contributed by atoms with Gasteiger partial charge in [0.05, 0.1) is 62.2 Å². The summed E-state index contributed by atoms with van der Waals surface area (Å²) >= 11 is 0. The van der Waals surface area contributed by atoms with Crippen molar-refractivity contribution in [2.75, 3.05) is 33.0 Å². The van der Waals surface area contributed by atoms with Crippen LogP contribution < -0.4 is 0 Å². The number of carbonyl (C=O) groups is 2. The number of aliphatic carboxylic acids is 1. The van der Waals surface area contributed by atoms with E-state index in [1.807, 2.05) is 6.92 Å². The molecule has 11 aliphatic rings. The van der Waals surface area contributed by atoms with Gasteiger partial charge in [0.1, 0.15) is 122 Å². The van der Waals surface area contributed by atoms with Crippen molar-refractivity contribution in [3.05, 3.63) is 11.6 Å². The molecule has 0 spiro atoms. The highest BCUT2D eigenvalue weighted by Crippen LogP contribution is 2.76. The Morgan fingerprint density at radius 3 is 1.66 bits per heavy atom. The van der Waals surface area contributed by atoms with E-state index in [9.17, 15) is 102 Å². The molecule has 6 saturated heterocycles. The second-order valence-corrected chi connectivity index (χ2v) is 30.8. The molecule has 33 heteroatoms. The lowest BCUT2D eigenvalue weighted by atomic mass is 9.33. The molecular weight excluding hydrogens is 1300 g/mol. The fraction of sp³-hybridized carbons (Fsp3) is 0.938. The van der Waals surface area contributed by atoms with Gasteiger partial charge in [-0.25, -0.2) is 0 Å². The van der Waals surface area contributed by atoms with Crippen molar-refractivity contribution < 1.29 is 163 Å². The predicted molar refractivity (Wildman–Crippen MR) is 318 cm³/mol. The zero-order valence-corrected chi connectivity index (χ0v) is 55.2. The summed E-state index contributed by atoms with van der Waals surface area (Å²) in [4.78, 5) is 29.5. The molecule has 4 saturated carbocycles. The van der Waals surface area contributed by atoms with Crippen LogP contribution in [0.5, 0.6) is 0 Å². The van der Waals surface area contributed by atoms with Gasteiger partial charge in [-0.3, -0.25) is 9.59 Å². The molecule has 5 aliphatic carbocycles. The standard InChI is InChI=1S/C64H102O33/c1-23-34(70)40(76)49(95-53-45(81)41(77)47(24(2)89-53)93-52-46(82)48(94-51-42(78)35(71)28(69)20-86-51)31(21-87-52)92-54-43(79)38(74)36(72)29(18-65)90-54)56(88-23)97-58(85)63-13-12-59(3,4)16-26(63)25-8-9-32-60(5)17-27(68)50(96-55-44(80)39(75)37(73)30(19-66)91-55)62(7,57(83)84)33(60)10-11-61(32,6)64(25,22-67)15-14-63/h8,23-24,26-56,65-82H,9-22H2,1-7H3,(H,83,84)/t23-,24+,26?,27-,28-,29+,30+,31+,32?,33+,34+,35-,36-,37+,38-,39-,40+,41+,42+,43+,44+,45-,46+,47+,48-,49-,50-,51-,52-,53+,54-,55-,56+,60+,61+,62-,63-,64-/m0/s1. The third kappa shape index (κ3) is 12.7. The van der Waals surface area contributed by atoms with Crippen LogP contribution in [0.2, 0.25) is 0 Å². The number of ether oxygens (including phenoxy) is 12. The van der Waals surface area contributed by atoms with Gasteiger partial charge >= 0.3 is 11.9 Å². The summed E-state index contributed by atoms with van der Waals surface area (Å²) in [5.41, 5.74) is -5.37. The molecule has 0 aromatic rings. The minimum Gasteiger partial charge on any atom is -0.481 e. The first-order valence-electron chi connectivity index (χ1n) is 33.8. The van der Waals surface area contributed by atoms with Gasteiger partial charge < -0.3 is 154 Å². The Bertz CT molecular complexity index is 2780. The van der Waals surface area contributed by atoms with Gasteiger partial charge in [-0.05, 0) is 113 Å². The summed E-state index contributed by atoms with van der Waals surface area (Å²) in [5, 5.41) is 209. The van der Waals surface area contributed by atoms with E-state index in [-0.39, 0.29) is 43.6 Å². The number of fused-ring (bicyclic) bond motifs is 7. The quantitative estimate of drug-likeness (QED) is 0.0389. The molecule has 6 aliphatic heterocycles. The van der Waals surface area contributed by atoms with Crippen LogP contribution >= 0.6 is 0 Å². The number of allylic oxidation sites excluding steroid dienone is 1. The van der Waals surface area contributed by atoms with E-state index in [0.717, 1.165) is 5.57 Å². The second kappa shape index (κ2) is 28.2. The van der Waals surface area contributed by atoms with Crippen LogP contribution in [-0.2, 0) is 66.4 Å². The summed E-state index contributed by atoms with van der Waals surface area (Å²) < 4.78 is 71.3. The fourth-order valence-corrected chi connectivity index (χ4v) is 19.0. The first-order valence-corrected chi connectivity index (χ1v) is 33.8. The van der Waals surface area contributed by atoms with Gasteiger partial charge in [0.25, 0.3) is 0 Å². The second-order valence-electron chi connectivity index (χ2n) is 30.8. The minimum absolute atomic E-state index is 0.0123. The number of hydrogen-bond acceptors (Lipinski definition) is 32. The highest BCUT2D eigenvalue weighted by Gasteiger charge is 2.74. The molecular formula is C64H102O33. The van der Waals surface area contributed by atoms with Crippen LogP contribution in [0.15, 0.2) is 11.6 Å². The van der Waals surface area contributed by atoms with E-state index >= 15 is 4.79 Å². The number of carbonyl (C=O) groups excluding carboxylic acids is 1. The largest absolute Gasteiger partial charge is 0.481 e. The lowest BCUT2D eigenvalue weighted by Crippen LogP contribution is -2.71. The smallest absolute Gasteiger partial charge is 0.315 e. The molecule has 0 bridgehead atoms. The Morgan fingerprint density at radius 1 is 0.505 bits per heavy atom. The molecule has 11 rings (SSSR count). The zero-order valence-electron chi connectivity index (χ0n) is 55.2. The Kier molecular flexibility index (Phi) is 22.0. The lowest BCUT2D eigenvalue weighted by Gasteiger charge is -2.71. The molecule has 33 nitrogen and oxygen atoms in total. The third-order valence-electron chi connectivity index (χ3n) is 24.8. The average Bonchev–Trinajstić information content (AvgIpc) is 0.670. The minimum atomic E-state index is -2.08. The molecule has 0 amide bonds. The topological polar surface area (TPSA) is 529 Å². The Morgan fingerprint density at radius 2 is 1.04 bits per heavy atom. The maximum absolute atomic E-state index is 15.6. The van der Waals surface area contributed by atoms with Gasteiger partial charge in [-0.15, -0.1) is 0 Å². The molecule has 97 heavy (non-hydrogen) atoms. The molecule has 6 heterocycles. The number of esters is 1. The number of rotatable bonds is 16. The van der Waals surface area contributed by atoms with Gasteiger partial charge in [0, 0.05) is 5.41 Å². The van der Waals surface area contributed by atoms with Crippen molar-refractivity contribution in [3.63, 3.8) is 0 Å².